The molecule has 96 valence electrons. The number of nitrogens with one attached hydrogen (secondary N) is 2. The number of aromatic amines is 1. The van der Waals surface area contributed by atoms with Crippen molar-refractivity contribution in [2.45, 2.75) is 26.7 Å². The molecular weight excluding hydrogens is 231 g/mol. The second-order valence-electron chi connectivity index (χ2n) is 4.42. The van der Waals surface area contributed by atoms with Crippen molar-refractivity contribution >= 4 is 16.8 Å². The molecule has 1 amide bonds. The molecule has 0 unspecified atom stereocenters. The molecule has 0 atom stereocenters. The number of benzene rings is 1. The molecule has 0 aliphatic heterocycles. The van der Waals surface area contributed by atoms with E-state index in [1.807, 2.05) is 6.92 Å². The molecule has 0 spiro atoms. The van der Waals surface area contributed by atoms with E-state index in [1.165, 1.54) is 12.1 Å². The number of halogens is 1. The van der Waals surface area contributed by atoms with E-state index in [0.717, 1.165) is 23.8 Å². The minimum atomic E-state index is -0.304. The van der Waals surface area contributed by atoms with Crippen LogP contribution in [0.5, 0.6) is 0 Å². The number of carbonyl (C=O) groups is 1. The Balaban J connectivity index is 2.28. The van der Waals surface area contributed by atoms with Crippen LogP contribution in [0.25, 0.3) is 10.9 Å². The average molecular weight is 248 g/mol. The fourth-order valence-electron chi connectivity index (χ4n) is 2.00. The zero-order valence-electron chi connectivity index (χ0n) is 10.6. The van der Waals surface area contributed by atoms with Gasteiger partial charge in [-0.05, 0) is 37.1 Å². The van der Waals surface area contributed by atoms with Gasteiger partial charge in [0.25, 0.3) is 5.91 Å². The molecule has 1 aromatic heterocycles. The Labute approximate surface area is 105 Å². The summed E-state index contributed by atoms with van der Waals surface area (Å²) in [5.74, 6) is -0.431. The summed E-state index contributed by atoms with van der Waals surface area (Å²) < 4.78 is 13.1. The third-order valence-corrected chi connectivity index (χ3v) is 3.06. The van der Waals surface area contributed by atoms with Gasteiger partial charge in [-0.25, -0.2) is 4.39 Å². The fraction of sp³-hybridized carbons (Fsp3) is 0.357. The predicted molar refractivity (Wildman–Crippen MR) is 70.2 cm³/mol. The smallest absolute Gasteiger partial charge is 0.268 e. The van der Waals surface area contributed by atoms with E-state index in [4.69, 9.17) is 0 Å². The Hall–Kier alpha value is -1.84. The Morgan fingerprint density at radius 1 is 1.44 bits per heavy atom. The molecule has 1 heterocycles. The number of H-pyrrole nitrogens is 1. The van der Waals surface area contributed by atoms with Gasteiger partial charge in [-0.15, -0.1) is 0 Å². The highest BCUT2D eigenvalue weighted by Crippen LogP contribution is 2.22. The van der Waals surface area contributed by atoms with Crippen molar-refractivity contribution in [2.75, 3.05) is 6.54 Å². The number of carbonyl (C=O) groups excluding carboxylic acids is 1. The molecule has 18 heavy (non-hydrogen) atoms. The van der Waals surface area contributed by atoms with Gasteiger partial charge in [0.05, 0.1) is 0 Å². The summed E-state index contributed by atoms with van der Waals surface area (Å²) >= 11 is 0. The molecule has 3 nitrogen and oxygen atoms in total. The van der Waals surface area contributed by atoms with Crippen LogP contribution in [0.3, 0.4) is 0 Å². The molecule has 2 N–H and O–H groups in total. The van der Waals surface area contributed by atoms with Crippen LogP contribution in [0.2, 0.25) is 0 Å². The quantitative estimate of drug-likeness (QED) is 0.802. The van der Waals surface area contributed by atoms with Gasteiger partial charge < -0.3 is 10.3 Å². The monoisotopic (exact) mass is 248 g/mol. The maximum atomic E-state index is 13.1. The molecule has 0 aliphatic rings. The molecule has 0 saturated carbocycles. The van der Waals surface area contributed by atoms with Crippen LogP contribution in [-0.4, -0.2) is 17.4 Å². The number of aryl methyl sites for hydroxylation is 1. The number of unbranched alkanes of at least 4 members (excludes halogenated alkanes) is 1. The van der Waals surface area contributed by atoms with Gasteiger partial charge in [-0.2, -0.15) is 0 Å². The molecule has 0 fully saturated rings. The van der Waals surface area contributed by atoms with Gasteiger partial charge in [-0.3, -0.25) is 4.79 Å². The molecule has 0 aliphatic carbocycles. The van der Waals surface area contributed by atoms with E-state index in [9.17, 15) is 9.18 Å². The third-order valence-electron chi connectivity index (χ3n) is 3.06. The highest BCUT2D eigenvalue weighted by molar-refractivity contribution is 6.00. The van der Waals surface area contributed by atoms with Crippen LogP contribution < -0.4 is 5.32 Å². The van der Waals surface area contributed by atoms with Gasteiger partial charge in [0, 0.05) is 17.4 Å². The van der Waals surface area contributed by atoms with Crippen LogP contribution in [0, 0.1) is 12.7 Å². The second kappa shape index (κ2) is 5.21. The minimum absolute atomic E-state index is 0.127. The van der Waals surface area contributed by atoms with Crippen LogP contribution >= 0.6 is 0 Å². The molecule has 0 saturated heterocycles. The lowest BCUT2D eigenvalue weighted by atomic mass is 10.1. The number of amides is 1. The molecule has 2 rings (SSSR count). The van der Waals surface area contributed by atoms with Crippen molar-refractivity contribution in [2.24, 2.45) is 0 Å². The number of aromatic nitrogens is 1. The molecule has 4 heteroatoms. The van der Waals surface area contributed by atoms with E-state index in [-0.39, 0.29) is 11.7 Å². The summed E-state index contributed by atoms with van der Waals surface area (Å²) in [6, 6.07) is 4.51. The van der Waals surface area contributed by atoms with Crippen LogP contribution in [0.4, 0.5) is 4.39 Å². The normalized spacial score (nSPS) is 10.8. The summed E-state index contributed by atoms with van der Waals surface area (Å²) in [4.78, 5) is 14.9. The van der Waals surface area contributed by atoms with E-state index in [2.05, 4.69) is 17.2 Å². The molecular formula is C14H17FN2O. The SMILES string of the molecule is CCCCNC(=O)c1[nH]c2cc(F)ccc2c1C. The summed E-state index contributed by atoms with van der Waals surface area (Å²) in [6.45, 7) is 4.60. The zero-order chi connectivity index (χ0) is 13.1. The summed E-state index contributed by atoms with van der Waals surface area (Å²) in [5, 5.41) is 3.74. The minimum Gasteiger partial charge on any atom is -0.351 e. The lowest BCUT2D eigenvalue weighted by Crippen LogP contribution is -2.25. The summed E-state index contributed by atoms with van der Waals surface area (Å²) in [5.41, 5.74) is 2.04. The first-order valence-electron chi connectivity index (χ1n) is 6.19. The van der Waals surface area contributed by atoms with Crippen molar-refractivity contribution in [3.05, 3.63) is 35.3 Å². The van der Waals surface area contributed by atoms with Crippen LogP contribution in [-0.2, 0) is 0 Å². The fourth-order valence-corrected chi connectivity index (χ4v) is 2.00. The standard InChI is InChI=1S/C14H17FN2O/c1-3-4-7-16-14(18)13-9(2)11-6-5-10(15)8-12(11)17-13/h5-6,8,17H,3-4,7H2,1-2H3,(H,16,18). The van der Waals surface area contributed by atoms with Crippen molar-refractivity contribution in [3.8, 4) is 0 Å². The Morgan fingerprint density at radius 2 is 2.22 bits per heavy atom. The van der Waals surface area contributed by atoms with Gasteiger partial charge in [0.2, 0.25) is 0 Å². The number of hydrogen-bond donors (Lipinski definition) is 2. The molecule has 2 aromatic rings. The lowest BCUT2D eigenvalue weighted by molar-refractivity contribution is 0.0948. The first-order chi connectivity index (χ1) is 8.63. The average Bonchev–Trinajstić information content (AvgIpc) is 2.66. The van der Waals surface area contributed by atoms with Crippen LogP contribution in [0.1, 0.15) is 35.8 Å². The largest absolute Gasteiger partial charge is 0.351 e. The van der Waals surface area contributed by atoms with Gasteiger partial charge in [0.1, 0.15) is 11.5 Å². The highest BCUT2D eigenvalue weighted by atomic mass is 19.1. The maximum Gasteiger partial charge on any atom is 0.268 e. The van der Waals surface area contributed by atoms with E-state index in [1.54, 1.807) is 6.07 Å². The van der Waals surface area contributed by atoms with Crippen LogP contribution in [0.15, 0.2) is 18.2 Å². The molecule has 1 aromatic carbocycles. The van der Waals surface area contributed by atoms with Gasteiger partial charge in [0.15, 0.2) is 0 Å². The van der Waals surface area contributed by atoms with Crippen molar-refractivity contribution in [3.63, 3.8) is 0 Å². The third kappa shape index (κ3) is 2.37. The number of fused-ring (bicyclic) bond motifs is 1. The summed E-state index contributed by atoms with van der Waals surface area (Å²) in [7, 11) is 0. The van der Waals surface area contributed by atoms with Crippen molar-refractivity contribution in [1.82, 2.24) is 10.3 Å². The lowest BCUT2D eigenvalue weighted by Gasteiger charge is -2.03. The van der Waals surface area contributed by atoms with E-state index >= 15 is 0 Å². The molecule has 0 radical (unpaired) electrons. The topological polar surface area (TPSA) is 44.9 Å². The Morgan fingerprint density at radius 3 is 2.94 bits per heavy atom. The van der Waals surface area contributed by atoms with Gasteiger partial charge >= 0.3 is 0 Å². The predicted octanol–water partition coefficient (Wildman–Crippen LogP) is 3.15. The number of hydrogen-bond acceptors (Lipinski definition) is 1. The highest BCUT2D eigenvalue weighted by Gasteiger charge is 2.14. The van der Waals surface area contributed by atoms with Gasteiger partial charge in [-0.1, -0.05) is 13.3 Å². The van der Waals surface area contributed by atoms with E-state index < -0.39 is 0 Å². The first kappa shape index (κ1) is 12.6. The first-order valence-corrected chi connectivity index (χ1v) is 6.19. The number of rotatable bonds is 4. The van der Waals surface area contributed by atoms with E-state index in [0.29, 0.717) is 17.8 Å². The van der Waals surface area contributed by atoms with Crippen molar-refractivity contribution in [1.29, 1.82) is 0 Å². The summed E-state index contributed by atoms with van der Waals surface area (Å²) in [6.07, 6.45) is 2.00. The zero-order valence-corrected chi connectivity index (χ0v) is 10.6. The second-order valence-corrected chi connectivity index (χ2v) is 4.42. The molecule has 0 bridgehead atoms. The van der Waals surface area contributed by atoms with Crippen molar-refractivity contribution < 1.29 is 9.18 Å². The maximum absolute atomic E-state index is 13.1. The Bertz CT molecular complexity index is 574. The Kier molecular flexibility index (Phi) is 3.65.